The van der Waals surface area contributed by atoms with E-state index in [1.165, 1.54) is 0 Å². The van der Waals surface area contributed by atoms with Crippen LogP contribution in [0.1, 0.15) is 17.3 Å². The quantitative estimate of drug-likeness (QED) is 0.784. The number of amides is 1. The summed E-state index contributed by atoms with van der Waals surface area (Å²) < 4.78 is 1.59. The molecule has 0 aliphatic heterocycles. The van der Waals surface area contributed by atoms with E-state index in [0.717, 1.165) is 11.3 Å². The van der Waals surface area contributed by atoms with Crippen LogP contribution in [0.15, 0.2) is 73.2 Å². The number of nitrogens with one attached hydrogen (secondary N) is 1. The van der Waals surface area contributed by atoms with Crippen molar-refractivity contribution in [1.29, 1.82) is 0 Å². The van der Waals surface area contributed by atoms with Crippen molar-refractivity contribution < 1.29 is 4.79 Å². The second-order valence-electron chi connectivity index (χ2n) is 4.87. The van der Waals surface area contributed by atoms with Crippen LogP contribution >= 0.6 is 0 Å². The Bertz CT molecular complexity index is 671. The van der Waals surface area contributed by atoms with Gasteiger partial charge in [0, 0.05) is 18.6 Å². The molecule has 1 aromatic carbocycles. The lowest BCUT2D eigenvalue weighted by molar-refractivity contribution is -0.122. The van der Waals surface area contributed by atoms with E-state index in [-0.39, 0.29) is 18.5 Å². The fourth-order valence-electron chi connectivity index (χ4n) is 2.27. The highest BCUT2D eigenvalue weighted by atomic mass is 16.2. The Morgan fingerprint density at radius 1 is 1.05 bits per heavy atom. The van der Waals surface area contributed by atoms with Crippen LogP contribution in [0.25, 0.3) is 0 Å². The van der Waals surface area contributed by atoms with E-state index in [0.29, 0.717) is 0 Å². The first-order valence-corrected chi connectivity index (χ1v) is 7.05. The smallest absolute Gasteiger partial charge is 0.242 e. The van der Waals surface area contributed by atoms with Gasteiger partial charge in [0.25, 0.3) is 0 Å². The lowest BCUT2D eigenvalue weighted by Crippen LogP contribution is -2.32. The third-order valence-corrected chi connectivity index (χ3v) is 3.29. The normalized spacial score (nSPS) is 11.8. The van der Waals surface area contributed by atoms with Gasteiger partial charge in [-0.2, -0.15) is 5.10 Å². The van der Waals surface area contributed by atoms with Crippen molar-refractivity contribution in [2.45, 2.75) is 12.6 Å². The zero-order valence-electron chi connectivity index (χ0n) is 12.0. The molecule has 0 aliphatic carbocycles. The monoisotopic (exact) mass is 292 g/mol. The Morgan fingerprint density at radius 3 is 2.55 bits per heavy atom. The van der Waals surface area contributed by atoms with Gasteiger partial charge >= 0.3 is 0 Å². The van der Waals surface area contributed by atoms with Crippen molar-refractivity contribution in [1.82, 2.24) is 20.1 Å². The average Bonchev–Trinajstić information content (AvgIpc) is 3.07. The van der Waals surface area contributed by atoms with Crippen LogP contribution in [0.3, 0.4) is 0 Å². The molecule has 5 nitrogen and oxygen atoms in total. The molecule has 3 rings (SSSR count). The second kappa shape index (κ2) is 6.67. The van der Waals surface area contributed by atoms with Gasteiger partial charge < -0.3 is 5.32 Å². The molecule has 0 aliphatic rings. The Morgan fingerprint density at radius 2 is 1.86 bits per heavy atom. The molecule has 5 heteroatoms. The SMILES string of the molecule is O=C(Cn1cccn1)NC(c1ccccc1)c1ccccn1. The maximum absolute atomic E-state index is 12.3. The molecule has 0 saturated carbocycles. The largest absolute Gasteiger partial charge is 0.342 e. The van der Waals surface area contributed by atoms with Crippen LogP contribution in [0.5, 0.6) is 0 Å². The van der Waals surface area contributed by atoms with Crippen LogP contribution in [-0.4, -0.2) is 20.7 Å². The topological polar surface area (TPSA) is 59.8 Å². The zero-order valence-corrected chi connectivity index (χ0v) is 12.0. The van der Waals surface area contributed by atoms with E-state index < -0.39 is 0 Å². The minimum atomic E-state index is -0.273. The van der Waals surface area contributed by atoms with Crippen LogP contribution < -0.4 is 5.32 Å². The van der Waals surface area contributed by atoms with E-state index in [1.807, 2.05) is 48.5 Å². The van der Waals surface area contributed by atoms with Crippen molar-refractivity contribution in [3.63, 3.8) is 0 Å². The number of aromatic nitrogens is 3. The molecule has 0 saturated heterocycles. The molecule has 1 N–H and O–H groups in total. The highest BCUT2D eigenvalue weighted by molar-refractivity contribution is 5.76. The number of carbonyl (C=O) groups excluding carboxylic acids is 1. The molecule has 2 heterocycles. The standard InChI is InChI=1S/C17H16N4O/c22-16(13-21-12-6-11-19-21)20-17(14-7-2-1-3-8-14)15-9-4-5-10-18-15/h1-12,17H,13H2,(H,20,22). The summed E-state index contributed by atoms with van der Waals surface area (Å²) in [5.41, 5.74) is 1.80. The molecule has 0 bridgehead atoms. The number of pyridine rings is 1. The molecule has 110 valence electrons. The van der Waals surface area contributed by atoms with Gasteiger partial charge in [0.05, 0.1) is 11.7 Å². The van der Waals surface area contributed by atoms with Gasteiger partial charge in [-0.1, -0.05) is 36.4 Å². The van der Waals surface area contributed by atoms with Crippen LogP contribution in [0.4, 0.5) is 0 Å². The molecule has 1 amide bonds. The van der Waals surface area contributed by atoms with Crippen molar-refractivity contribution in [2.24, 2.45) is 0 Å². The summed E-state index contributed by atoms with van der Waals surface area (Å²) in [4.78, 5) is 16.6. The van der Waals surface area contributed by atoms with Gasteiger partial charge in [-0.05, 0) is 23.8 Å². The van der Waals surface area contributed by atoms with Crippen LogP contribution in [-0.2, 0) is 11.3 Å². The van der Waals surface area contributed by atoms with Crippen molar-refractivity contribution >= 4 is 5.91 Å². The number of benzene rings is 1. The average molecular weight is 292 g/mol. The molecule has 1 atom stereocenters. The first kappa shape index (κ1) is 14.0. The van der Waals surface area contributed by atoms with Crippen molar-refractivity contribution in [2.75, 3.05) is 0 Å². The van der Waals surface area contributed by atoms with Crippen LogP contribution in [0, 0.1) is 0 Å². The fraction of sp³-hybridized carbons (Fsp3) is 0.118. The zero-order chi connectivity index (χ0) is 15.2. The first-order chi connectivity index (χ1) is 10.8. The van der Waals surface area contributed by atoms with E-state index in [9.17, 15) is 4.79 Å². The van der Waals surface area contributed by atoms with Gasteiger partial charge in [0.1, 0.15) is 6.54 Å². The minimum absolute atomic E-state index is 0.108. The maximum atomic E-state index is 12.3. The number of hydrogen-bond donors (Lipinski definition) is 1. The molecule has 0 fully saturated rings. The summed E-state index contributed by atoms with van der Waals surface area (Å²) in [6.45, 7) is 0.184. The Balaban J connectivity index is 1.81. The van der Waals surface area contributed by atoms with Gasteiger partial charge in [-0.15, -0.1) is 0 Å². The lowest BCUT2D eigenvalue weighted by Gasteiger charge is -2.18. The number of hydrogen-bond acceptors (Lipinski definition) is 3. The molecule has 3 aromatic rings. The van der Waals surface area contributed by atoms with Crippen molar-refractivity contribution in [3.8, 4) is 0 Å². The molecular weight excluding hydrogens is 276 g/mol. The molecule has 0 radical (unpaired) electrons. The Hall–Kier alpha value is -2.95. The van der Waals surface area contributed by atoms with E-state index >= 15 is 0 Å². The fourth-order valence-corrected chi connectivity index (χ4v) is 2.27. The molecular formula is C17H16N4O. The van der Waals surface area contributed by atoms with E-state index in [4.69, 9.17) is 0 Å². The number of rotatable bonds is 5. The maximum Gasteiger partial charge on any atom is 0.242 e. The number of nitrogens with zero attached hydrogens (tertiary/aromatic N) is 3. The summed E-state index contributed by atoms with van der Waals surface area (Å²) in [7, 11) is 0. The minimum Gasteiger partial charge on any atom is -0.342 e. The van der Waals surface area contributed by atoms with E-state index in [1.54, 1.807) is 29.3 Å². The highest BCUT2D eigenvalue weighted by Crippen LogP contribution is 2.19. The van der Waals surface area contributed by atoms with Crippen molar-refractivity contribution in [3.05, 3.63) is 84.4 Å². The Labute approximate surface area is 128 Å². The number of carbonyl (C=O) groups is 1. The van der Waals surface area contributed by atoms with Gasteiger partial charge in [0.15, 0.2) is 0 Å². The molecule has 0 spiro atoms. The second-order valence-corrected chi connectivity index (χ2v) is 4.87. The Kier molecular flexibility index (Phi) is 4.25. The summed E-state index contributed by atoms with van der Waals surface area (Å²) in [5.74, 6) is -0.108. The third kappa shape index (κ3) is 3.38. The predicted molar refractivity (Wildman–Crippen MR) is 82.9 cm³/mol. The third-order valence-electron chi connectivity index (χ3n) is 3.29. The summed E-state index contributed by atoms with van der Waals surface area (Å²) in [6, 6.07) is 17.0. The molecule has 2 aromatic heterocycles. The lowest BCUT2D eigenvalue weighted by atomic mass is 10.0. The van der Waals surface area contributed by atoms with Gasteiger partial charge in [0.2, 0.25) is 5.91 Å². The summed E-state index contributed by atoms with van der Waals surface area (Å²) in [6.07, 6.45) is 5.14. The highest BCUT2D eigenvalue weighted by Gasteiger charge is 2.17. The van der Waals surface area contributed by atoms with Gasteiger partial charge in [-0.25, -0.2) is 0 Å². The predicted octanol–water partition coefficient (Wildman–Crippen LogP) is 2.18. The first-order valence-electron chi connectivity index (χ1n) is 7.05. The van der Waals surface area contributed by atoms with Crippen LogP contribution in [0.2, 0.25) is 0 Å². The van der Waals surface area contributed by atoms with Gasteiger partial charge in [-0.3, -0.25) is 14.5 Å². The molecule has 22 heavy (non-hydrogen) atoms. The van der Waals surface area contributed by atoms with E-state index in [2.05, 4.69) is 15.4 Å². The molecule has 1 unspecified atom stereocenters. The summed E-state index contributed by atoms with van der Waals surface area (Å²) in [5, 5.41) is 7.07. The summed E-state index contributed by atoms with van der Waals surface area (Å²) >= 11 is 0.